The molecule has 0 heterocycles. The molecule has 3 aliphatic rings. The molecule has 0 saturated heterocycles. The van der Waals surface area contributed by atoms with Crippen molar-refractivity contribution in [2.45, 2.75) is 122 Å². The van der Waals surface area contributed by atoms with Gasteiger partial charge in [0.2, 0.25) is 0 Å². The van der Waals surface area contributed by atoms with Crippen LogP contribution in [-0.2, 0) is 0 Å². The van der Waals surface area contributed by atoms with Gasteiger partial charge in [-0.05, 0) is 111 Å². The van der Waals surface area contributed by atoms with E-state index in [4.69, 9.17) is 0 Å². The van der Waals surface area contributed by atoms with Crippen LogP contribution in [0, 0.1) is 23.7 Å². The van der Waals surface area contributed by atoms with Crippen molar-refractivity contribution in [3.63, 3.8) is 0 Å². The van der Waals surface area contributed by atoms with Crippen molar-refractivity contribution in [3.05, 3.63) is 35.4 Å². The Morgan fingerprint density at radius 1 is 0.552 bits per heavy atom. The van der Waals surface area contributed by atoms with Gasteiger partial charge in [0.25, 0.3) is 0 Å². The maximum atomic E-state index is 2.50. The summed E-state index contributed by atoms with van der Waals surface area (Å²) in [6, 6.07) is 9.99. The Bertz CT molecular complexity index is 575. The molecule has 0 spiro atoms. The SMILES string of the molecule is CCCC1CCC(C2CCC(c3ccc(C4CCC(CC)CC4)cc3)CC2)CC1. The minimum Gasteiger partial charge on any atom is -0.0654 e. The van der Waals surface area contributed by atoms with Gasteiger partial charge < -0.3 is 0 Å². The van der Waals surface area contributed by atoms with Crippen LogP contribution in [0.1, 0.15) is 133 Å². The Morgan fingerprint density at radius 3 is 1.41 bits per heavy atom. The van der Waals surface area contributed by atoms with Gasteiger partial charge in [0, 0.05) is 0 Å². The summed E-state index contributed by atoms with van der Waals surface area (Å²) in [5.41, 5.74) is 3.27. The van der Waals surface area contributed by atoms with Gasteiger partial charge in [0.05, 0.1) is 0 Å². The standard InChI is InChI=1S/C29H46/c1-3-5-23-8-12-25(13-9-23)27-16-20-29(21-17-27)28-18-14-26(15-19-28)24-10-6-22(4-2)7-11-24/h14-15,18-19,22-25,27,29H,3-13,16-17,20-21H2,1-2H3. The maximum absolute atomic E-state index is 2.50. The van der Waals surface area contributed by atoms with Crippen LogP contribution in [0.4, 0.5) is 0 Å². The van der Waals surface area contributed by atoms with Crippen molar-refractivity contribution in [1.29, 1.82) is 0 Å². The first-order chi connectivity index (χ1) is 14.3. The van der Waals surface area contributed by atoms with Crippen molar-refractivity contribution in [2.75, 3.05) is 0 Å². The lowest BCUT2D eigenvalue weighted by atomic mass is 9.68. The van der Waals surface area contributed by atoms with E-state index in [1.54, 1.807) is 11.1 Å². The molecular weight excluding hydrogens is 348 g/mol. The molecule has 0 aromatic heterocycles. The summed E-state index contributed by atoms with van der Waals surface area (Å²) >= 11 is 0. The van der Waals surface area contributed by atoms with E-state index in [0.29, 0.717) is 0 Å². The molecule has 0 atom stereocenters. The minimum atomic E-state index is 0.838. The van der Waals surface area contributed by atoms with Gasteiger partial charge >= 0.3 is 0 Å². The Morgan fingerprint density at radius 2 is 0.966 bits per heavy atom. The highest BCUT2D eigenvalue weighted by molar-refractivity contribution is 5.28. The molecule has 0 aliphatic heterocycles. The topological polar surface area (TPSA) is 0 Å². The van der Waals surface area contributed by atoms with Crippen molar-refractivity contribution in [1.82, 2.24) is 0 Å². The average molecular weight is 395 g/mol. The van der Waals surface area contributed by atoms with Crippen LogP contribution in [0.3, 0.4) is 0 Å². The van der Waals surface area contributed by atoms with E-state index in [9.17, 15) is 0 Å². The number of hydrogen-bond acceptors (Lipinski definition) is 0. The molecular formula is C29H46. The monoisotopic (exact) mass is 394 g/mol. The second kappa shape index (κ2) is 10.5. The van der Waals surface area contributed by atoms with Gasteiger partial charge in [0.15, 0.2) is 0 Å². The largest absolute Gasteiger partial charge is 0.0654 e. The molecule has 0 unspecified atom stereocenters. The predicted molar refractivity (Wildman–Crippen MR) is 126 cm³/mol. The van der Waals surface area contributed by atoms with Crippen LogP contribution in [0.2, 0.25) is 0 Å². The highest BCUT2D eigenvalue weighted by atomic mass is 14.4. The van der Waals surface area contributed by atoms with Gasteiger partial charge in [-0.2, -0.15) is 0 Å². The van der Waals surface area contributed by atoms with Gasteiger partial charge in [-0.1, -0.05) is 70.2 Å². The molecule has 3 aliphatic carbocycles. The van der Waals surface area contributed by atoms with Gasteiger partial charge in [0.1, 0.15) is 0 Å². The van der Waals surface area contributed by atoms with Crippen molar-refractivity contribution >= 4 is 0 Å². The molecule has 1 aromatic carbocycles. The fourth-order valence-electron chi connectivity index (χ4n) is 7.22. The zero-order valence-electron chi connectivity index (χ0n) is 19.4. The first-order valence-electron chi connectivity index (χ1n) is 13.4. The van der Waals surface area contributed by atoms with Crippen LogP contribution < -0.4 is 0 Å². The molecule has 29 heavy (non-hydrogen) atoms. The molecule has 0 radical (unpaired) electrons. The zero-order valence-corrected chi connectivity index (χ0v) is 19.4. The van der Waals surface area contributed by atoms with Crippen molar-refractivity contribution < 1.29 is 0 Å². The van der Waals surface area contributed by atoms with E-state index in [2.05, 4.69) is 38.1 Å². The summed E-state index contributed by atoms with van der Waals surface area (Å²) in [6.07, 6.45) is 22.0. The third-order valence-electron chi connectivity index (χ3n) is 9.33. The normalized spacial score (nSPS) is 36.1. The van der Waals surface area contributed by atoms with E-state index in [0.717, 1.165) is 35.5 Å². The molecule has 3 fully saturated rings. The Labute approximate surface area is 181 Å². The second-order valence-corrected chi connectivity index (χ2v) is 11.0. The van der Waals surface area contributed by atoms with Crippen LogP contribution in [0.25, 0.3) is 0 Å². The summed E-state index contributed by atoms with van der Waals surface area (Å²) in [4.78, 5) is 0. The van der Waals surface area contributed by atoms with Gasteiger partial charge in [-0.3, -0.25) is 0 Å². The van der Waals surface area contributed by atoms with E-state index >= 15 is 0 Å². The summed E-state index contributed by atoms with van der Waals surface area (Å²) in [5.74, 6) is 5.84. The molecule has 0 nitrogen and oxygen atoms in total. The van der Waals surface area contributed by atoms with Crippen LogP contribution >= 0.6 is 0 Å². The second-order valence-electron chi connectivity index (χ2n) is 11.0. The van der Waals surface area contributed by atoms with Crippen molar-refractivity contribution in [3.8, 4) is 0 Å². The lowest BCUT2D eigenvalue weighted by molar-refractivity contribution is 0.156. The lowest BCUT2D eigenvalue weighted by Crippen LogP contribution is -2.25. The van der Waals surface area contributed by atoms with E-state index in [1.165, 1.54) is 96.3 Å². The third-order valence-corrected chi connectivity index (χ3v) is 9.33. The third kappa shape index (κ3) is 5.48. The molecule has 0 amide bonds. The van der Waals surface area contributed by atoms with Crippen LogP contribution in [-0.4, -0.2) is 0 Å². The number of rotatable bonds is 6. The van der Waals surface area contributed by atoms with E-state index < -0.39 is 0 Å². The minimum absolute atomic E-state index is 0.838. The fraction of sp³-hybridized carbons (Fsp3) is 0.793. The summed E-state index contributed by atoms with van der Waals surface area (Å²) < 4.78 is 0. The highest BCUT2D eigenvalue weighted by Gasteiger charge is 2.31. The van der Waals surface area contributed by atoms with Gasteiger partial charge in [-0.15, -0.1) is 0 Å². The quantitative estimate of drug-likeness (QED) is 0.451. The predicted octanol–water partition coefficient (Wildman–Crippen LogP) is 9.25. The smallest absolute Gasteiger partial charge is 0.0162 e. The summed E-state index contributed by atoms with van der Waals surface area (Å²) in [5, 5.41) is 0. The van der Waals surface area contributed by atoms with Crippen molar-refractivity contribution in [2.24, 2.45) is 23.7 Å². The average Bonchev–Trinajstić information content (AvgIpc) is 2.80. The molecule has 0 N–H and O–H groups in total. The fourth-order valence-corrected chi connectivity index (χ4v) is 7.22. The molecule has 3 saturated carbocycles. The first-order valence-corrected chi connectivity index (χ1v) is 13.4. The number of benzene rings is 1. The lowest BCUT2D eigenvalue weighted by Gasteiger charge is -2.38. The Kier molecular flexibility index (Phi) is 7.77. The highest BCUT2D eigenvalue weighted by Crippen LogP contribution is 2.45. The number of hydrogen-bond donors (Lipinski definition) is 0. The van der Waals surface area contributed by atoms with Crippen LogP contribution in [0.5, 0.6) is 0 Å². The molecule has 0 bridgehead atoms. The molecule has 4 rings (SSSR count). The van der Waals surface area contributed by atoms with E-state index in [-0.39, 0.29) is 0 Å². The summed E-state index contributed by atoms with van der Waals surface area (Å²) in [7, 11) is 0. The zero-order chi connectivity index (χ0) is 20.1. The van der Waals surface area contributed by atoms with Gasteiger partial charge in [-0.25, -0.2) is 0 Å². The Hall–Kier alpha value is -0.780. The Balaban J connectivity index is 1.24. The first kappa shape index (κ1) is 21.5. The molecule has 162 valence electrons. The van der Waals surface area contributed by atoms with E-state index in [1.807, 2.05) is 0 Å². The summed E-state index contributed by atoms with van der Waals surface area (Å²) in [6.45, 7) is 4.72. The van der Waals surface area contributed by atoms with Crippen LogP contribution in [0.15, 0.2) is 24.3 Å². The maximum Gasteiger partial charge on any atom is -0.0162 e. The molecule has 0 heteroatoms. The molecule has 1 aromatic rings.